The van der Waals surface area contributed by atoms with Crippen LogP contribution in [0, 0.1) is 5.92 Å². The van der Waals surface area contributed by atoms with Crippen molar-refractivity contribution < 1.29 is 19.1 Å². The van der Waals surface area contributed by atoms with E-state index in [4.69, 9.17) is 10.5 Å². The van der Waals surface area contributed by atoms with Gasteiger partial charge >= 0.3 is 5.97 Å². The highest BCUT2D eigenvalue weighted by atomic mass is 16.5. The van der Waals surface area contributed by atoms with Gasteiger partial charge in [0.25, 0.3) is 0 Å². The molecular formula is C15H23NO4. The number of carbonyl (C=O) groups is 2. The third-order valence-electron chi connectivity index (χ3n) is 2.59. The number of carbonyl (C=O) groups excluding carboxylic acids is 2. The molecule has 5 heteroatoms. The first kappa shape index (κ1) is 18.0. The minimum Gasteiger partial charge on any atom is -0.497 e. The Balaban J connectivity index is 0.000000367. The molecule has 0 saturated heterocycles. The molecular weight excluding hydrogens is 258 g/mol. The number of ether oxygens (including phenoxy) is 2. The number of methoxy groups -OCH3 is 1. The van der Waals surface area contributed by atoms with Gasteiger partial charge in [-0.2, -0.15) is 0 Å². The standard InChI is InChI=1S/C8H14O3.C7H9NO/c1-4-11-8(10)5-6(2)7(3)9;1-9-7-4-2-6(8)3-5-7/h6H,4-5H2,1-3H3;2-5H,8H2,1H3. The topological polar surface area (TPSA) is 78.6 Å². The summed E-state index contributed by atoms with van der Waals surface area (Å²) in [5.74, 6) is 0.353. The van der Waals surface area contributed by atoms with E-state index >= 15 is 0 Å². The number of hydrogen-bond acceptors (Lipinski definition) is 5. The quantitative estimate of drug-likeness (QED) is 0.662. The average molecular weight is 281 g/mol. The van der Waals surface area contributed by atoms with Gasteiger partial charge in [0.15, 0.2) is 0 Å². The summed E-state index contributed by atoms with van der Waals surface area (Å²) >= 11 is 0. The molecule has 0 aliphatic rings. The second kappa shape index (κ2) is 9.83. The summed E-state index contributed by atoms with van der Waals surface area (Å²) in [6, 6.07) is 7.27. The van der Waals surface area contributed by atoms with Crippen LogP contribution in [0.2, 0.25) is 0 Å². The maximum Gasteiger partial charge on any atom is 0.306 e. The van der Waals surface area contributed by atoms with Crippen LogP contribution in [0.15, 0.2) is 24.3 Å². The number of nitrogens with two attached hydrogens (primary N) is 1. The summed E-state index contributed by atoms with van der Waals surface area (Å²) in [5, 5.41) is 0. The molecule has 0 bridgehead atoms. The number of ketones is 1. The van der Waals surface area contributed by atoms with Crippen molar-refractivity contribution in [3.05, 3.63) is 24.3 Å². The maximum atomic E-state index is 10.8. The van der Waals surface area contributed by atoms with Gasteiger partial charge < -0.3 is 15.2 Å². The molecule has 0 fully saturated rings. The third-order valence-corrected chi connectivity index (χ3v) is 2.59. The summed E-state index contributed by atoms with van der Waals surface area (Å²) < 4.78 is 9.59. The first-order chi connectivity index (χ1) is 9.40. The van der Waals surface area contributed by atoms with Gasteiger partial charge in [-0.05, 0) is 38.1 Å². The number of esters is 1. The molecule has 2 N–H and O–H groups in total. The Bertz CT molecular complexity index is 414. The van der Waals surface area contributed by atoms with Gasteiger partial charge in [-0.25, -0.2) is 0 Å². The lowest BCUT2D eigenvalue weighted by Gasteiger charge is -2.05. The smallest absolute Gasteiger partial charge is 0.306 e. The zero-order valence-corrected chi connectivity index (χ0v) is 12.5. The molecule has 112 valence electrons. The molecule has 1 unspecified atom stereocenters. The van der Waals surface area contributed by atoms with Crippen LogP contribution in [0.5, 0.6) is 5.75 Å². The summed E-state index contributed by atoms with van der Waals surface area (Å²) in [5.41, 5.74) is 6.19. The van der Waals surface area contributed by atoms with Crippen molar-refractivity contribution in [1.82, 2.24) is 0 Å². The Morgan fingerprint density at radius 1 is 1.25 bits per heavy atom. The number of benzene rings is 1. The number of Topliss-reactive ketones (excluding diaryl/α,β-unsaturated/α-hetero) is 1. The van der Waals surface area contributed by atoms with E-state index in [1.165, 1.54) is 6.92 Å². The second-order valence-electron chi connectivity index (χ2n) is 4.29. The van der Waals surface area contributed by atoms with Gasteiger partial charge in [-0.15, -0.1) is 0 Å². The number of hydrogen-bond donors (Lipinski definition) is 1. The minimum atomic E-state index is -0.296. The van der Waals surface area contributed by atoms with Gasteiger partial charge in [0.1, 0.15) is 11.5 Å². The molecule has 1 atom stereocenters. The maximum absolute atomic E-state index is 10.8. The van der Waals surface area contributed by atoms with E-state index in [2.05, 4.69) is 4.74 Å². The van der Waals surface area contributed by atoms with E-state index in [0.29, 0.717) is 6.61 Å². The Hall–Kier alpha value is -2.04. The lowest BCUT2D eigenvalue weighted by atomic mass is 10.0. The summed E-state index contributed by atoms with van der Waals surface area (Å²) in [6.45, 7) is 5.32. The predicted octanol–water partition coefficient (Wildman–Crippen LogP) is 2.44. The van der Waals surface area contributed by atoms with Crippen LogP contribution >= 0.6 is 0 Å². The minimum absolute atomic E-state index is 0.0260. The molecule has 20 heavy (non-hydrogen) atoms. The average Bonchev–Trinajstić information content (AvgIpc) is 2.40. The number of nitrogen functional groups attached to an aromatic ring is 1. The highest BCUT2D eigenvalue weighted by Crippen LogP contribution is 2.11. The fourth-order valence-corrected chi connectivity index (χ4v) is 1.22. The van der Waals surface area contributed by atoms with E-state index in [1.807, 2.05) is 12.1 Å². The van der Waals surface area contributed by atoms with Crippen molar-refractivity contribution in [2.24, 2.45) is 5.92 Å². The normalized spacial score (nSPS) is 10.8. The molecule has 0 aliphatic heterocycles. The van der Waals surface area contributed by atoms with Gasteiger partial charge in [-0.1, -0.05) is 6.92 Å². The summed E-state index contributed by atoms with van der Waals surface area (Å²) in [6.07, 6.45) is 0.198. The molecule has 0 aliphatic carbocycles. The molecule has 1 rings (SSSR count). The van der Waals surface area contributed by atoms with Crippen LogP contribution < -0.4 is 10.5 Å². The third kappa shape index (κ3) is 8.13. The fourth-order valence-electron chi connectivity index (χ4n) is 1.22. The van der Waals surface area contributed by atoms with Crippen LogP contribution in [-0.2, 0) is 14.3 Å². The second-order valence-corrected chi connectivity index (χ2v) is 4.29. The van der Waals surface area contributed by atoms with Gasteiger partial charge in [-0.3, -0.25) is 9.59 Å². The largest absolute Gasteiger partial charge is 0.497 e. The fraction of sp³-hybridized carbons (Fsp3) is 0.467. The Morgan fingerprint density at radius 2 is 1.80 bits per heavy atom. The van der Waals surface area contributed by atoms with Crippen molar-refractivity contribution in [3.63, 3.8) is 0 Å². The molecule has 0 radical (unpaired) electrons. The van der Waals surface area contributed by atoms with E-state index in [9.17, 15) is 9.59 Å². The Morgan fingerprint density at radius 3 is 2.20 bits per heavy atom. The van der Waals surface area contributed by atoms with Crippen molar-refractivity contribution in [1.29, 1.82) is 0 Å². The van der Waals surface area contributed by atoms with Gasteiger partial charge in [0.2, 0.25) is 0 Å². The van der Waals surface area contributed by atoms with Crippen LogP contribution in [0.25, 0.3) is 0 Å². The molecule has 0 spiro atoms. The van der Waals surface area contributed by atoms with Crippen LogP contribution in [0.3, 0.4) is 0 Å². The lowest BCUT2D eigenvalue weighted by molar-refractivity contribution is -0.145. The zero-order valence-electron chi connectivity index (χ0n) is 12.5. The Kier molecular flexibility index (Phi) is 8.83. The van der Waals surface area contributed by atoms with Gasteiger partial charge in [0, 0.05) is 11.6 Å². The van der Waals surface area contributed by atoms with Gasteiger partial charge in [0.05, 0.1) is 20.1 Å². The lowest BCUT2D eigenvalue weighted by Crippen LogP contribution is -2.14. The molecule has 5 nitrogen and oxygen atoms in total. The summed E-state index contributed by atoms with van der Waals surface area (Å²) in [4.78, 5) is 21.5. The molecule has 0 saturated carbocycles. The first-order valence-corrected chi connectivity index (χ1v) is 6.46. The molecule has 1 aromatic carbocycles. The molecule has 0 aromatic heterocycles. The monoisotopic (exact) mass is 281 g/mol. The SMILES string of the molecule is CCOC(=O)CC(C)C(C)=O.COc1ccc(N)cc1. The zero-order chi connectivity index (χ0) is 15.5. The Labute approximate surface area is 120 Å². The van der Waals surface area contributed by atoms with E-state index in [1.54, 1.807) is 33.1 Å². The molecule has 0 amide bonds. The van der Waals surface area contributed by atoms with Crippen molar-refractivity contribution >= 4 is 17.4 Å². The predicted molar refractivity (Wildman–Crippen MR) is 78.5 cm³/mol. The van der Waals surface area contributed by atoms with E-state index in [0.717, 1.165) is 11.4 Å². The van der Waals surface area contributed by atoms with Crippen LogP contribution in [0.4, 0.5) is 5.69 Å². The molecule has 1 aromatic rings. The molecule has 0 heterocycles. The van der Waals surface area contributed by atoms with Crippen molar-refractivity contribution in [2.45, 2.75) is 27.2 Å². The highest BCUT2D eigenvalue weighted by molar-refractivity contribution is 5.83. The highest BCUT2D eigenvalue weighted by Gasteiger charge is 2.13. The van der Waals surface area contributed by atoms with E-state index < -0.39 is 0 Å². The summed E-state index contributed by atoms with van der Waals surface area (Å²) in [7, 11) is 1.63. The van der Waals surface area contributed by atoms with Crippen LogP contribution in [-0.4, -0.2) is 25.5 Å². The number of anilines is 1. The van der Waals surface area contributed by atoms with E-state index in [-0.39, 0.29) is 24.1 Å². The van der Waals surface area contributed by atoms with Crippen LogP contribution in [0.1, 0.15) is 27.2 Å². The number of rotatable bonds is 5. The first-order valence-electron chi connectivity index (χ1n) is 6.46. The van der Waals surface area contributed by atoms with Crippen molar-refractivity contribution in [2.75, 3.05) is 19.5 Å². The van der Waals surface area contributed by atoms with Crippen molar-refractivity contribution in [3.8, 4) is 5.75 Å².